The Hall–Kier alpha value is -0.130. The summed E-state index contributed by atoms with van der Waals surface area (Å²) in [5.41, 5.74) is 0. The zero-order chi connectivity index (χ0) is 34.6. The van der Waals surface area contributed by atoms with Crippen LogP contribution in [0.15, 0.2) is 0 Å². The zero-order valence-corrected chi connectivity index (χ0v) is 33.5. The summed E-state index contributed by atoms with van der Waals surface area (Å²) >= 11 is 0. The molecular formula is C42H88NO3S+. The maximum absolute atomic E-state index is 11.6. The highest BCUT2D eigenvalue weighted by atomic mass is 32.2. The summed E-state index contributed by atoms with van der Waals surface area (Å²) in [5.74, 6) is -0.0816. The minimum Gasteiger partial charge on any atom is -0.324 e. The quantitative estimate of drug-likeness (QED) is 0.0396. The van der Waals surface area contributed by atoms with Gasteiger partial charge in [-0.2, -0.15) is 8.42 Å². The van der Waals surface area contributed by atoms with Gasteiger partial charge in [0.15, 0.2) is 0 Å². The molecule has 0 amide bonds. The van der Waals surface area contributed by atoms with Gasteiger partial charge in [-0.1, -0.05) is 194 Å². The van der Waals surface area contributed by atoms with Gasteiger partial charge < -0.3 is 4.48 Å². The predicted octanol–water partition coefficient (Wildman–Crippen LogP) is 14.0. The molecule has 5 heteroatoms. The van der Waals surface area contributed by atoms with Crippen LogP contribution in [0.1, 0.15) is 239 Å². The minimum absolute atomic E-state index is 0.0816. The van der Waals surface area contributed by atoms with Crippen LogP contribution < -0.4 is 0 Å². The number of unbranched alkanes of at least 4 members (excludes halogenated alkanes) is 30. The summed E-state index contributed by atoms with van der Waals surface area (Å²) in [6.07, 6.45) is 45.7. The van der Waals surface area contributed by atoms with Crippen LogP contribution in [0, 0.1) is 0 Å². The molecule has 0 saturated carbocycles. The van der Waals surface area contributed by atoms with E-state index in [-0.39, 0.29) is 5.75 Å². The molecular weight excluding hydrogens is 599 g/mol. The number of nitrogens with zero attached hydrogens (tertiary/aromatic N) is 1. The number of hydrogen-bond donors (Lipinski definition) is 1. The van der Waals surface area contributed by atoms with Gasteiger partial charge >= 0.3 is 0 Å². The molecule has 0 saturated heterocycles. The lowest BCUT2D eigenvalue weighted by Gasteiger charge is -2.39. The van der Waals surface area contributed by atoms with Gasteiger partial charge in [0.2, 0.25) is 0 Å². The highest BCUT2D eigenvalue weighted by molar-refractivity contribution is 7.85. The van der Waals surface area contributed by atoms with Crippen molar-refractivity contribution < 1.29 is 17.5 Å². The Bertz CT molecular complexity index is 646. The Morgan fingerprint density at radius 2 is 0.511 bits per heavy atom. The molecule has 0 rings (SSSR count). The molecule has 0 aromatic rings. The van der Waals surface area contributed by atoms with E-state index in [1.807, 2.05) is 0 Å². The molecule has 0 atom stereocenters. The molecule has 284 valence electrons. The van der Waals surface area contributed by atoms with Crippen molar-refractivity contribution in [2.75, 3.05) is 31.9 Å². The molecule has 0 fully saturated rings. The number of quaternary nitrogens is 1. The van der Waals surface area contributed by atoms with Crippen molar-refractivity contribution in [2.45, 2.75) is 239 Å². The third-order valence-corrected chi connectivity index (χ3v) is 11.5. The van der Waals surface area contributed by atoms with Crippen LogP contribution in [0.3, 0.4) is 0 Å². The molecule has 0 unspecified atom stereocenters. The van der Waals surface area contributed by atoms with E-state index >= 15 is 0 Å². The second-order valence-corrected chi connectivity index (χ2v) is 17.1. The molecule has 47 heavy (non-hydrogen) atoms. The highest BCUT2D eigenvalue weighted by Gasteiger charge is 2.26. The van der Waals surface area contributed by atoms with E-state index in [9.17, 15) is 13.0 Å². The zero-order valence-electron chi connectivity index (χ0n) is 32.7. The van der Waals surface area contributed by atoms with Crippen LogP contribution in [0.2, 0.25) is 0 Å². The Morgan fingerprint density at radius 1 is 0.319 bits per heavy atom. The van der Waals surface area contributed by atoms with Crippen molar-refractivity contribution in [1.29, 1.82) is 0 Å². The van der Waals surface area contributed by atoms with E-state index in [1.165, 1.54) is 232 Å². The lowest BCUT2D eigenvalue weighted by molar-refractivity contribution is -0.928. The molecule has 0 radical (unpaired) electrons. The maximum atomic E-state index is 11.6. The van der Waals surface area contributed by atoms with Gasteiger partial charge in [-0.05, 0) is 38.5 Å². The van der Waals surface area contributed by atoms with Gasteiger partial charge in [0.1, 0.15) is 0 Å². The van der Waals surface area contributed by atoms with Crippen molar-refractivity contribution in [3.63, 3.8) is 0 Å². The summed E-state index contributed by atoms with van der Waals surface area (Å²) in [4.78, 5) is 0. The first-order valence-corrected chi connectivity index (χ1v) is 23.3. The van der Waals surface area contributed by atoms with E-state index in [0.29, 0.717) is 6.42 Å². The average Bonchev–Trinajstić information content (AvgIpc) is 3.04. The van der Waals surface area contributed by atoms with Crippen LogP contribution in [0.25, 0.3) is 0 Å². The van der Waals surface area contributed by atoms with Crippen molar-refractivity contribution in [2.24, 2.45) is 0 Å². The minimum atomic E-state index is -3.89. The Balaban J connectivity index is 4.78. The van der Waals surface area contributed by atoms with E-state index in [0.717, 1.165) is 11.0 Å². The van der Waals surface area contributed by atoms with Crippen LogP contribution in [-0.4, -0.2) is 49.4 Å². The summed E-state index contributed by atoms with van der Waals surface area (Å²) in [6.45, 7) is 11.4. The number of hydrogen-bond acceptors (Lipinski definition) is 2. The molecule has 0 heterocycles. The van der Waals surface area contributed by atoms with Crippen molar-refractivity contribution in [3.8, 4) is 0 Å². The molecule has 0 aliphatic heterocycles. The smallest absolute Gasteiger partial charge is 0.265 e. The van der Waals surface area contributed by atoms with E-state index < -0.39 is 10.1 Å². The van der Waals surface area contributed by atoms with Gasteiger partial charge in [0.25, 0.3) is 10.1 Å². The second-order valence-electron chi connectivity index (χ2n) is 15.5. The first-order valence-electron chi connectivity index (χ1n) is 21.7. The Morgan fingerprint density at radius 3 is 0.723 bits per heavy atom. The van der Waals surface area contributed by atoms with Gasteiger partial charge in [-0.3, -0.25) is 4.55 Å². The fourth-order valence-electron chi connectivity index (χ4n) is 7.59. The van der Waals surface area contributed by atoms with E-state index in [2.05, 4.69) is 20.8 Å². The molecule has 0 spiro atoms. The number of rotatable bonds is 40. The lowest BCUT2D eigenvalue weighted by Crippen LogP contribution is -2.51. The topological polar surface area (TPSA) is 54.4 Å². The first-order chi connectivity index (χ1) is 22.9. The summed E-state index contributed by atoms with van der Waals surface area (Å²) in [5, 5.41) is 0. The van der Waals surface area contributed by atoms with Crippen molar-refractivity contribution in [3.05, 3.63) is 0 Å². The normalized spacial score (nSPS) is 12.3. The summed E-state index contributed by atoms with van der Waals surface area (Å²) in [6, 6.07) is 0. The highest BCUT2D eigenvalue weighted by Crippen LogP contribution is 2.21. The van der Waals surface area contributed by atoms with Crippen molar-refractivity contribution in [1.82, 2.24) is 0 Å². The molecule has 0 aromatic carbocycles. The maximum Gasteiger partial charge on any atom is 0.265 e. The third-order valence-electron chi connectivity index (χ3n) is 10.7. The molecule has 4 nitrogen and oxygen atoms in total. The van der Waals surface area contributed by atoms with Gasteiger partial charge in [-0.25, -0.2) is 0 Å². The van der Waals surface area contributed by atoms with Crippen molar-refractivity contribution >= 4 is 10.1 Å². The molecule has 0 aliphatic rings. The standard InChI is InChI=1S/C42H87NO3S/c1-4-7-10-13-16-19-22-25-28-31-34-38-43(41-37-42-47(44,45)46,39-35-32-29-26-23-20-17-14-11-8-5-2)40-36-33-30-27-24-21-18-15-12-9-6-3/h4-42H2,1-3H3/p+1. The molecule has 0 aromatic heterocycles. The summed E-state index contributed by atoms with van der Waals surface area (Å²) < 4.78 is 33.9. The predicted molar refractivity (Wildman–Crippen MR) is 210 cm³/mol. The summed E-state index contributed by atoms with van der Waals surface area (Å²) in [7, 11) is -3.89. The van der Waals surface area contributed by atoms with Crippen LogP contribution in [-0.2, 0) is 10.1 Å². The lowest BCUT2D eigenvalue weighted by atomic mass is 10.0. The first kappa shape index (κ1) is 46.9. The van der Waals surface area contributed by atoms with Gasteiger partial charge in [0, 0.05) is 6.42 Å². The average molecular weight is 687 g/mol. The van der Waals surface area contributed by atoms with Crippen LogP contribution >= 0.6 is 0 Å². The fraction of sp³-hybridized carbons (Fsp3) is 1.00. The van der Waals surface area contributed by atoms with Crippen LogP contribution in [0.5, 0.6) is 0 Å². The Kier molecular flexibility index (Phi) is 35.6. The Labute approximate surface area is 297 Å². The SMILES string of the molecule is CCCCCCCCCCCCC[N+](CCCCCCCCCCCCC)(CCCCCCCCCCCCC)CCCS(=O)(=O)O. The van der Waals surface area contributed by atoms with E-state index in [4.69, 9.17) is 0 Å². The molecule has 0 bridgehead atoms. The monoisotopic (exact) mass is 687 g/mol. The van der Waals surface area contributed by atoms with Gasteiger partial charge in [-0.15, -0.1) is 0 Å². The molecule has 0 aliphatic carbocycles. The second kappa shape index (κ2) is 35.7. The fourth-order valence-corrected chi connectivity index (χ4v) is 8.08. The molecule has 1 N–H and O–H groups in total. The largest absolute Gasteiger partial charge is 0.324 e. The van der Waals surface area contributed by atoms with Crippen LogP contribution in [0.4, 0.5) is 0 Å². The third kappa shape index (κ3) is 35.5. The van der Waals surface area contributed by atoms with Gasteiger partial charge in [0.05, 0.1) is 31.9 Å². The van der Waals surface area contributed by atoms with E-state index in [1.54, 1.807) is 0 Å².